The molecule has 3 N–H and O–H groups in total. The Hall–Kier alpha value is -3.67. The van der Waals surface area contributed by atoms with E-state index in [2.05, 4.69) is 18.7 Å². The maximum atomic E-state index is 15.2. The van der Waals surface area contributed by atoms with E-state index in [-0.39, 0.29) is 42.4 Å². The van der Waals surface area contributed by atoms with E-state index in [1.165, 1.54) is 12.1 Å². The number of carbonyl (C=O) groups excluding carboxylic acids is 3. The average molecular weight is 603 g/mol. The molecule has 1 aromatic rings. The predicted molar refractivity (Wildman–Crippen MR) is 176 cm³/mol. The van der Waals surface area contributed by atoms with Crippen molar-refractivity contribution in [2.45, 2.75) is 94.4 Å². The number of aromatic hydroxyl groups is 2. The number of benzene rings is 1. The summed E-state index contributed by atoms with van der Waals surface area (Å²) in [5.41, 5.74) is -0.453. The molecule has 0 unspecified atom stereocenters. The Balaban J connectivity index is 2.47. The molecule has 0 amide bonds. The van der Waals surface area contributed by atoms with Crippen LogP contribution in [0, 0.1) is 28.1 Å². The van der Waals surface area contributed by atoms with Crippen LogP contribution in [0.1, 0.15) is 100.0 Å². The Morgan fingerprint density at radius 1 is 0.909 bits per heavy atom. The van der Waals surface area contributed by atoms with Crippen LogP contribution in [-0.4, -0.2) is 32.7 Å². The van der Waals surface area contributed by atoms with Crippen molar-refractivity contribution in [1.82, 2.24) is 0 Å². The fourth-order valence-corrected chi connectivity index (χ4v) is 7.08. The maximum Gasteiger partial charge on any atom is 0.184 e. The van der Waals surface area contributed by atoms with Crippen molar-refractivity contribution in [2.24, 2.45) is 28.1 Å². The number of hydrogen-bond donors (Lipinski definition) is 3. The molecule has 238 valence electrons. The minimum atomic E-state index is -1.62. The molecule has 0 aliphatic heterocycles. The standard InChI is InChI=1S/C38H50O6/c1-22(2)11-13-27(25(7)8)20-37-21-28(15-12-23(3)4)36(9,10)38(35(37)44,18-17-24(5)6)34(43)31(33(37)42)32(41)26-14-16-29(39)30(40)19-26/h11-12,14,16-17,19,27-28,39-41H,7,13,15,18,20-21H2,1-6,8-10H3/t27-,28-,37+,38-/m1/s1. The fourth-order valence-electron chi connectivity index (χ4n) is 7.08. The van der Waals surface area contributed by atoms with E-state index in [1.54, 1.807) is 0 Å². The summed E-state index contributed by atoms with van der Waals surface area (Å²) in [5, 5.41) is 31.7. The first-order valence-electron chi connectivity index (χ1n) is 15.5. The molecule has 0 aromatic heterocycles. The molecule has 6 nitrogen and oxygen atoms in total. The summed E-state index contributed by atoms with van der Waals surface area (Å²) in [4.78, 5) is 44.9. The second-order valence-electron chi connectivity index (χ2n) is 14.3. The minimum absolute atomic E-state index is 0.0110. The lowest BCUT2D eigenvalue weighted by Gasteiger charge is -2.60. The molecule has 1 aromatic carbocycles. The minimum Gasteiger partial charge on any atom is -0.506 e. The zero-order valence-corrected chi connectivity index (χ0v) is 27.9. The zero-order chi connectivity index (χ0) is 33.4. The van der Waals surface area contributed by atoms with Gasteiger partial charge in [0.05, 0.1) is 5.41 Å². The molecule has 6 heteroatoms. The van der Waals surface area contributed by atoms with Gasteiger partial charge in [-0.25, -0.2) is 0 Å². The molecule has 2 bridgehead atoms. The van der Waals surface area contributed by atoms with Gasteiger partial charge in [-0.2, -0.15) is 0 Å². The zero-order valence-electron chi connectivity index (χ0n) is 27.9. The highest BCUT2D eigenvalue weighted by molar-refractivity contribution is 6.41. The molecule has 44 heavy (non-hydrogen) atoms. The first kappa shape index (κ1) is 34.8. The van der Waals surface area contributed by atoms with Crippen LogP contribution < -0.4 is 0 Å². The summed E-state index contributed by atoms with van der Waals surface area (Å²) in [6.45, 7) is 21.9. The number of aliphatic hydroxyl groups is 1. The molecule has 2 aliphatic carbocycles. The number of ketones is 3. The van der Waals surface area contributed by atoms with E-state index in [4.69, 9.17) is 0 Å². The van der Waals surface area contributed by atoms with Crippen molar-refractivity contribution >= 4 is 23.1 Å². The quantitative estimate of drug-likeness (QED) is 0.0616. The van der Waals surface area contributed by atoms with E-state index in [9.17, 15) is 24.9 Å². The molecule has 3 rings (SSSR count). The summed E-state index contributed by atoms with van der Waals surface area (Å²) in [6.07, 6.45) is 7.79. The van der Waals surface area contributed by atoms with Gasteiger partial charge in [-0.1, -0.05) is 60.9 Å². The summed E-state index contributed by atoms with van der Waals surface area (Å²) in [7, 11) is 0. The number of fused-ring (bicyclic) bond motifs is 2. The summed E-state index contributed by atoms with van der Waals surface area (Å²) < 4.78 is 0. The monoisotopic (exact) mass is 602 g/mol. The third kappa shape index (κ3) is 6.00. The van der Waals surface area contributed by atoms with Crippen molar-refractivity contribution < 1.29 is 29.7 Å². The second-order valence-corrected chi connectivity index (χ2v) is 14.3. The maximum absolute atomic E-state index is 15.2. The van der Waals surface area contributed by atoms with Crippen molar-refractivity contribution in [3.63, 3.8) is 0 Å². The Morgan fingerprint density at radius 3 is 2.02 bits per heavy atom. The van der Waals surface area contributed by atoms with E-state index in [0.717, 1.165) is 28.4 Å². The highest BCUT2D eigenvalue weighted by Crippen LogP contribution is 2.66. The molecule has 2 aliphatic rings. The normalized spacial score (nSPS) is 26.0. The van der Waals surface area contributed by atoms with Crippen LogP contribution in [0.15, 0.2) is 70.9 Å². The molecule has 0 radical (unpaired) electrons. The van der Waals surface area contributed by atoms with Crippen LogP contribution in [0.5, 0.6) is 11.5 Å². The smallest absolute Gasteiger partial charge is 0.184 e. The predicted octanol–water partition coefficient (Wildman–Crippen LogP) is 8.76. The van der Waals surface area contributed by atoms with Crippen LogP contribution in [0.3, 0.4) is 0 Å². The molecular formula is C38H50O6. The summed E-state index contributed by atoms with van der Waals surface area (Å²) >= 11 is 0. The highest BCUT2D eigenvalue weighted by atomic mass is 16.3. The van der Waals surface area contributed by atoms with Crippen LogP contribution in [0.2, 0.25) is 0 Å². The molecule has 0 saturated heterocycles. The van der Waals surface area contributed by atoms with Crippen molar-refractivity contribution in [2.75, 3.05) is 0 Å². The number of hydrogen-bond acceptors (Lipinski definition) is 6. The Kier molecular flexibility index (Phi) is 10.1. The van der Waals surface area contributed by atoms with E-state index < -0.39 is 50.6 Å². The van der Waals surface area contributed by atoms with Crippen molar-refractivity contribution in [1.29, 1.82) is 0 Å². The Morgan fingerprint density at radius 2 is 1.50 bits per heavy atom. The highest BCUT2D eigenvalue weighted by Gasteiger charge is 2.74. The molecule has 4 atom stereocenters. The van der Waals surface area contributed by atoms with E-state index in [1.807, 2.05) is 68.4 Å². The third-order valence-electron chi connectivity index (χ3n) is 10.0. The Labute approximate surface area is 263 Å². The fraction of sp³-hybridized carbons (Fsp3) is 0.500. The number of phenols is 2. The number of Topliss-reactive ketones (excluding diaryl/α,β-unsaturated/α-hetero) is 3. The van der Waals surface area contributed by atoms with Crippen LogP contribution in [-0.2, 0) is 14.4 Å². The second kappa shape index (κ2) is 12.7. The average Bonchev–Trinajstić information content (AvgIpc) is 2.91. The van der Waals surface area contributed by atoms with Crippen LogP contribution >= 0.6 is 0 Å². The van der Waals surface area contributed by atoms with Crippen molar-refractivity contribution in [3.8, 4) is 11.5 Å². The largest absolute Gasteiger partial charge is 0.506 e. The number of carbonyl (C=O) groups is 3. The molecule has 0 heterocycles. The van der Waals surface area contributed by atoms with Gasteiger partial charge in [0, 0.05) is 5.56 Å². The Bertz CT molecular complexity index is 1490. The van der Waals surface area contributed by atoms with Crippen LogP contribution in [0.4, 0.5) is 0 Å². The topological polar surface area (TPSA) is 112 Å². The van der Waals surface area contributed by atoms with E-state index in [0.29, 0.717) is 12.8 Å². The number of phenolic OH excluding ortho intramolecular Hbond substituents is 2. The van der Waals surface area contributed by atoms with Gasteiger partial charge in [-0.05, 0) is 116 Å². The molecule has 0 spiro atoms. The van der Waals surface area contributed by atoms with E-state index >= 15 is 4.79 Å². The molecule has 2 fully saturated rings. The lowest BCUT2D eigenvalue weighted by molar-refractivity contribution is -0.177. The van der Waals surface area contributed by atoms with Gasteiger partial charge in [0.2, 0.25) is 0 Å². The van der Waals surface area contributed by atoms with Crippen LogP contribution in [0.25, 0.3) is 5.76 Å². The lowest BCUT2D eigenvalue weighted by Crippen LogP contribution is -2.69. The summed E-state index contributed by atoms with van der Waals surface area (Å²) in [6, 6.07) is 3.65. The van der Waals surface area contributed by atoms with Gasteiger partial charge in [0.15, 0.2) is 28.8 Å². The van der Waals surface area contributed by atoms with Gasteiger partial charge in [0.1, 0.15) is 16.7 Å². The SMILES string of the molecule is C=C(C)[C@H](CC=C(C)C)C[C@]12C[C@@H](CC=C(C)C)C(C)(C)[C@](CC=C(C)C)(C(=O)C(=C(O)c3ccc(O)c(O)c3)C1=O)C2=O. The lowest BCUT2D eigenvalue weighted by atomic mass is 9.38. The number of rotatable bonds is 10. The first-order chi connectivity index (χ1) is 20.3. The van der Waals surface area contributed by atoms with Gasteiger partial charge < -0.3 is 15.3 Å². The summed E-state index contributed by atoms with van der Waals surface area (Å²) in [5.74, 6) is -3.61. The number of allylic oxidation sites excluding steroid dienone is 8. The molecule has 2 saturated carbocycles. The first-order valence-corrected chi connectivity index (χ1v) is 15.5. The number of aliphatic hydroxyl groups excluding tert-OH is 1. The van der Waals surface area contributed by atoms with Crippen molar-refractivity contribution in [3.05, 3.63) is 76.4 Å². The molecular weight excluding hydrogens is 552 g/mol. The third-order valence-corrected chi connectivity index (χ3v) is 10.0. The van der Waals surface area contributed by atoms with Gasteiger partial charge in [-0.3, -0.25) is 14.4 Å². The van der Waals surface area contributed by atoms with Gasteiger partial charge in [0.25, 0.3) is 0 Å². The van der Waals surface area contributed by atoms with Gasteiger partial charge in [-0.15, -0.1) is 0 Å². The van der Waals surface area contributed by atoms with Gasteiger partial charge >= 0.3 is 0 Å².